The molecule has 1 fully saturated rings. The molecule has 2 aliphatic rings. The summed E-state index contributed by atoms with van der Waals surface area (Å²) in [5.41, 5.74) is 0. The third kappa shape index (κ3) is 2.55. The van der Waals surface area contributed by atoms with Crippen LogP contribution in [0.3, 0.4) is 0 Å². The van der Waals surface area contributed by atoms with Crippen LogP contribution in [0.1, 0.15) is 40.2 Å². The molecule has 2 aromatic heterocycles. The van der Waals surface area contributed by atoms with E-state index in [1.54, 1.807) is 11.3 Å². The molecule has 1 saturated carbocycles. The molecular weight excluding hydrogens is 336 g/mol. The Bertz CT molecular complexity index is 751. The van der Waals surface area contributed by atoms with E-state index in [-0.39, 0.29) is 4.88 Å². The van der Waals surface area contributed by atoms with Crippen molar-refractivity contribution in [1.29, 1.82) is 0 Å². The van der Waals surface area contributed by atoms with Crippen LogP contribution in [0.5, 0.6) is 11.5 Å². The number of aromatic carboxylic acids is 1. The Morgan fingerprint density at radius 3 is 2.70 bits per heavy atom. The fourth-order valence-electron chi connectivity index (χ4n) is 2.60. The Hall–Kier alpha value is -1.80. The fourth-order valence-corrected chi connectivity index (χ4v) is 4.91. The summed E-state index contributed by atoms with van der Waals surface area (Å²) >= 11 is 2.86. The highest BCUT2D eigenvalue weighted by molar-refractivity contribution is 7.19. The second kappa shape index (κ2) is 5.68. The van der Waals surface area contributed by atoms with Crippen LogP contribution in [-0.4, -0.2) is 35.8 Å². The van der Waals surface area contributed by atoms with Crippen molar-refractivity contribution in [3.63, 3.8) is 0 Å². The summed E-state index contributed by atoms with van der Waals surface area (Å²) < 4.78 is 11.7. The lowest BCUT2D eigenvalue weighted by atomic mass is 10.3. The van der Waals surface area contributed by atoms with Crippen LogP contribution in [0.2, 0.25) is 0 Å². The maximum atomic E-state index is 11.1. The summed E-state index contributed by atoms with van der Waals surface area (Å²) in [5.74, 6) is 1.30. The summed E-state index contributed by atoms with van der Waals surface area (Å²) in [6, 6.07) is 0. The molecule has 0 amide bonds. The number of hydrogen-bond acceptors (Lipinski definition) is 7. The SMILES string of the molecule is CCN(c1ncc(C(=O)O)s1)c1sc(C2CC2)c2c1OCCO2. The van der Waals surface area contributed by atoms with Crippen molar-refractivity contribution >= 4 is 38.8 Å². The van der Waals surface area contributed by atoms with Crippen molar-refractivity contribution in [3.8, 4) is 11.5 Å². The number of fused-ring (bicyclic) bond motifs is 1. The summed E-state index contributed by atoms with van der Waals surface area (Å²) in [5, 5.41) is 10.7. The van der Waals surface area contributed by atoms with Gasteiger partial charge in [-0.25, -0.2) is 9.78 Å². The number of thiophene rings is 1. The lowest BCUT2D eigenvalue weighted by molar-refractivity contribution is 0.0702. The van der Waals surface area contributed by atoms with Crippen LogP contribution >= 0.6 is 22.7 Å². The Kier molecular flexibility index (Phi) is 3.65. The third-order valence-electron chi connectivity index (χ3n) is 3.85. The lowest BCUT2D eigenvalue weighted by Crippen LogP contribution is -2.19. The topological polar surface area (TPSA) is 71.9 Å². The zero-order chi connectivity index (χ0) is 16.0. The molecule has 0 radical (unpaired) electrons. The van der Waals surface area contributed by atoms with Gasteiger partial charge in [-0.2, -0.15) is 0 Å². The highest BCUT2D eigenvalue weighted by Crippen LogP contribution is 2.58. The number of hydrogen-bond donors (Lipinski definition) is 1. The minimum atomic E-state index is -0.948. The van der Waals surface area contributed by atoms with Gasteiger partial charge in [0.1, 0.15) is 23.1 Å². The van der Waals surface area contributed by atoms with E-state index in [9.17, 15) is 4.79 Å². The van der Waals surface area contributed by atoms with Crippen molar-refractivity contribution in [1.82, 2.24) is 4.98 Å². The second-order valence-electron chi connectivity index (χ2n) is 5.46. The van der Waals surface area contributed by atoms with Gasteiger partial charge in [0, 0.05) is 6.54 Å². The number of anilines is 2. The molecule has 8 heteroatoms. The minimum Gasteiger partial charge on any atom is -0.485 e. The fraction of sp³-hybridized carbons (Fsp3) is 0.467. The van der Waals surface area contributed by atoms with Gasteiger partial charge in [-0.1, -0.05) is 11.3 Å². The van der Waals surface area contributed by atoms with Gasteiger partial charge in [0.2, 0.25) is 0 Å². The van der Waals surface area contributed by atoms with Gasteiger partial charge in [-0.15, -0.1) is 11.3 Å². The second-order valence-corrected chi connectivity index (χ2v) is 7.50. The first-order valence-electron chi connectivity index (χ1n) is 7.58. The number of thiazole rings is 1. The average molecular weight is 352 g/mol. The van der Waals surface area contributed by atoms with Crippen molar-refractivity contribution in [2.75, 3.05) is 24.7 Å². The number of ether oxygens (including phenoxy) is 2. The van der Waals surface area contributed by atoms with E-state index in [0.717, 1.165) is 16.5 Å². The maximum Gasteiger partial charge on any atom is 0.347 e. The smallest absolute Gasteiger partial charge is 0.347 e. The number of aromatic nitrogens is 1. The molecule has 0 saturated heterocycles. The van der Waals surface area contributed by atoms with Crippen molar-refractivity contribution in [3.05, 3.63) is 16.0 Å². The van der Waals surface area contributed by atoms with Crippen LogP contribution in [0.15, 0.2) is 6.20 Å². The highest BCUT2D eigenvalue weighted by atomic mass is 32.1. The largest absolute Gasteiger partial charge is 0.485 e. The van der Waals surface area contributed by atoms with Crippen LogP contribution in [0.25, 0.3) is 0 Å². The average Bonchev–Trinajstić information content (AvgIpc) is 3.15. The molecule has 4 rings (SSSR count). The quantitative estimate of drug-likeness (QED) is 0.884. The van der Waals surface area contributed by atoms with Gasteiger partial charge >= 0.3 is 5.97 Å². The molecule has 6 nitrogen and oxygen atoms in total. The van der Waals surface area contributed by atoms with Crippen LogP contribution in [0.4, 0.5) is 10.1 Å². The first kappa shape index (κ1) is 14.8. The van der Waals surface area contributed by atoms with Gasteiger partial charge in [-0.05, 0) is 25.7 Å². The molecule has 1 N–H and O–H groups in total. The van der Waals surface area contributed by atoms with Crippen molar-refractivity contribution in [2.24, 2.45) is 0 Å². The summed E-state index contributed by atoms with van der Waals surface area (Å²) in [7, 11) is 0. The Labute approximate surface area is 141 Å². The van der Waals surface area contributed by atoms with Crippen LogP contribution in [-0.2, 0) is 0 Å². The van der Waals surface area contributed by atoms with E-state index in [1.807, 2.05) is 11.8 Å². The number of carboxylic acids is 1. The zero-order valence-corrected chi connectivity index (χ0v) is 14.2. The van der Waals surface area contributed by atoms with Crippen LogP contribution < -0.4 is 14.4 Å². The molecule has 23 heavy (non-hydrogen) atoms. The number of carboxylic acid groups (broad SMARTS) is 1. The molecule has 0 atom stereocenters. The predicted octanol–water partition coefficient (Wildman–Crippen LogP) is 3.71. The van der Waals surface area contributed by atoms with Gasteiger partial charge in [-0.3, -0.25) is 0 Å². The molecule has 122 valence electrons. The lowest BCUT2D eigenvalue weighted by Gasteiger charge is -2.22. The van der Waals surface area contributed by atoms with E-state index in [1.165, 1.54) is 35.3 Å². The normalized spacial score (nSPS) is 16.4. The number of nitrogens with zero attached hydrogens (tertiary/aromatic N) is 2. The molecule has 1 aliphatic carbocycles. The number of rotatable bonds is 5. The Morgan fingerprint density at radius 1 is 1.35 bits per heavy atom. The minimum absolute atomic E-state index is 0.239. The van der Waals surface area contributed by atoms with E-state index < -0.39 is 5.97 Å². The first-order chi connectivity index (χ1) is 11.2. The Morgan fingerprint density at radius 2 is 2.09 bits per heavy atom. The predicted molar refractivity (Wildman–Crippen MR) is 89.0 cm³/mol. The highest BCUT2D eigenvalue weighted by Gasteiger charge is 2.36. The number of carbonyl (C=O) groups is 1. The summed E-state index contributed by atoms with van der Waals surface area (Å²) in [6.07, 6.45) is 3.80. The maximum absolute atomic E-state index is 11.1. The van der Waals surface area contributed by atoms with Crippen LogP contribution in [0, 0.1) is 0 Å². The monoisotopic (exact) mass is 352 g/mol. The zero-order valence-electron chi connectivity index (χ0n) is 12.6. The summed E-state index contributed by atoms with van der Waals surface area (Å²) in [6.45, 7) is 3.83. The van der Waals surface area contributed by atoms with Gasteiger partial charge in [0.05, 0.1) is 11.1 Å². The van der Waals surface area contributed by atoms with Gasteiger partial charge in [0.15, 0.2) is 16.6 Å². The molecular formula is C15H16N2O4S2. The van der Waals surface area contributed by atoms with Crippen molar-refractivity contribution in [2.45, 2.75) is 25.7 Å². The van der Waals surface area contributed by atoms with E-state index in [4.69, 9.17) is 14.6 Å². The molecule has 3 heterocycles. The van der Waals surface area contributed by atoms with E-state index in [2.05, 4.69) is 4.98 Å². The molecule has 0 spiro atoms. The van der Waals surface area contributed by atoms with Crippen molar-refractivity contribution < 1.29 is 19.4 Å². The standard InChI is InChI=1S/C15H16N2O4S2/c1-2-17(15-16-7-9(22-15)14(18)19)13-11-10(20-5-6-21-11)12(23-13)8-3-4-8/h7-8H,2-6H2,1H3,(H,18,19). The third-order valence-corrected chi connectivity index (χ3v) is 6.20. The molecule has 2 aromatic rings. The van der Waals surface area contributed by atoms with E-state index >= 15 is 0 Å². The summed E-state index contributed by atoms with van der Waals surface area (Å²) in [4.78, 5) is 18.9. The molecule has 1 aliphatic heterocycles. The molecule has 0 unspecified atom stereocenters. The first-order valence-corrected chi connectivity index (χ1v) is 9.21. The molecule has 0 aromatic carbocycles. The van der Waals surface area contributed by atoms with Gasteiger partial charge in [0.25, 0.3) is 0 Å². The van der Waals surface area contributed by atoms with E-state index in [0.29, 0.717) is 30.8 Å². The molecule has 0 bridgehead atoms. The Balaban J connectivity index is 1.76. The van der Waals surface area contributed by atoms with Gasteiger partial charge < -0.3 is 19.5 Å².